The summed E-state index contributed by atoms with van der Waals surface area (Å²) in [5.41, 5.74) is 3.06. The second-order valence-corrected chi connectivity index (χ2v) is 7.98. The molecule has 3 aromatic carbocycles. The predicted octanol–water partition coefficient (Wildman–Crippen LogP) is 4.15. The number of fused-ring (bicyclic) bond motifs is 1. The van der Waals surface area contributed by atoms with Crippen molar-refractivity contribution in [1.82, 2.24) is 10.3 Å². The van der Waals surface area contributed by atoms with E-state index >= 15 is 0 Å². The third-order valence-electron chi connectivity index (χ3n) is 5.52. The van der Waals surface area contributed by atoms with Crippen LogP contribution in [-0.2, 0) is 4.79 Å². The summed E-state index contributed by atoms with van der Waals surface area (Å²) in [6.07, 6.45) is 1.38. The summed E-state index contributed by atoms with van der Waals surface area (Å²) in [5.74, 6) is -1.15. The van der Waals surface area contributed by atoms with Crippen molar-refractivity contribution >= 4 is 34.2 Å². The van der Waals surface area contributed by atoms with Gasteiger partial charge in [-0.2, -0.15) is 0 Å². The third-order valence-corrected chi connectivity index (χ3v) is 5.52. The van der Waals surface area contributed by atoms with Gasteiger partial charge in [-0.15, -0.1) is 0 Å². The maximum absolute atomic E-state index is 12.6. The molecule has 0 aliphatic carbocycles. The predicted molar refractivity (Wildman–Crippen MR) is 132 cm³/mol. The van der Waals surface area contributed by atoms with Gasteiger partial charge < -0.3 is 15.6 Å². The van der Waals surface area contributed by atoms with E-state index in [9.17, 15) is 19.2 Å². The normalized spacial score (nSPS) is 11.6. The molecule has 2 amide bonds. The van der Waals surface area contributed by atoms with Crippen LogP contribution in [0.15, 0.2) is 83.8 Å². The van der Waals surface area contributed by atoms with Crippen LogP contribution in [0.2, 0.25) is 0 Å². The summed E-state index contributed by atoms with van der Waals surface area (Å²) in [6, 6.07) is 20.9. The van der Waals surface area contributed by atoms with Gasteiger partial charge in [0.25, 0.3) is 5.91 Å². The lowest BCUT2D eigenvalue weighted by Gasteiger charge is -2.15. The SMILES string of the molecule is CC(=O)c1c[nH]c2ccc(NC(=O)[C@H](C)NC(=O)c3ccc(-c4ccccc4)cc3)cc2c1=O. The van der Waals surface area contributed by atoms with E-state index in [0.29, 0.717) is 22.2 Å². The lowest BCUT2D eigenvalue weighted by Crippen LogP contribution is -2.41. The van der Waals surface area contributed by atoms with Gasteiger partial charge >= 0.3 is 0 Å². The van der Waals surface area contributed by atoms with E-state index in [1.54, 1.807) is 31.2 Å². The molecule has 1 aromatic heterocycles. The minimum Gasteiger partial charge on any atom is -0.360 e. The van der Waals surface area contributed by atoms with Crippen LogP contribution < -0.4 is 16.1 Å². The lowest BCUT2D eigenvalue weighted by atomic mass is 10.0. The molecule has 0 radical (unpaired) electrons. The van der Waals surface area contributed by atoms with Crippen LogP contribution in [0.5, 0.6) is 0 Å². The van der Waals surface area contributed by atoms with Crippen molar-refractivity contribution in [3.8, 4) is 11.1 Å². The van der Waals surface area contributed by atoms with E-state index in [1.807, 2.05) is 42.5 Å². The summed E-state index contributed by atoms with van der Waals surface area (Å²) in [4.78, 5) is 52.4. The molecule has 0 aliphatic heterocycles. The maximum Gasteiger partial charge on any atom is 0.251 e. The third kappa shape index (κ3) is 4.78. The molecule has 1 atom stereocenters. The Labute approximate surface area is 195 Å². The van der Waals surface area contributed by atoms with E-state index in [4.69, 9.17) is 0 Å². The first kappa shape index (κ1) is 22.7. The molecule has 4 aromatic rings. The molecule has 0 saturated heterocycles. The van der Waals surface area contributed by atoms with Crippen LogP contribution in [0.1, 0.15) is 34.6 Å². The molecule has 7 heteroatoms. The standard InChI is InChI=1S/C27H23N3O4/c1-16(29-27(34)20-10-8-19(9-11-20)18-6-4-3-5-7-18)26(33)30-21-12-13-24-22(14-21)25(32)23(15-28-24)17(2)31/h3-16H,1-2H3,(H,28,32)(H,29,34)(H,30,33)/t16-/m0/s1. The number of hydrogen-bond donors (Lipinski definition) is 3. The monoisotopic (exact) mass is 453 g/mol. The highest BCUT2D eigenvalue weighted by molar-refractivity contribution is 6.02. The van der Waals surface area contributed by atoms with Gasteiger partial charge in [0.1, 0.15) is 6.04 Å². The van der Waals surface area contributed by atoms with Gasteiger partial charge in [-0.1, -0.05) is 42.5 Å². The average Bonchev–Trinajstić information content (AvgIpc) is 2.85. The molecule has 170 valence electrons. The van der Waals surface area contributed by atoms with Gasteiger partial charge in [0.15, 0.2) is 11.2 Å². The maximum atomic E-state index is 12.6. The molecular formula is C27H23N3O4. The number of aromatic amines is 1. The van der Waals surface area contributed by atoms with Crippen molar-refractivity contribution < 1.29 is 14.4 Å². The number of anilines is 1. The van der Waals surface area contributed by atoms with Gasteiger partial charge in [0, 0.05) is 28.4 Å². The van der Waals surface area contributed by atoms with Crippen LogP contribution in [0.3, 0.4) is 0 Å². The molecule has 4 rings (SSSR count). The van der Waals surface area contributed by atoms with Crippen molar-refractivity contribution in [3.63, 3.8) is 0 Å². The number of amides is 2. The van der Waals surface area contributed by atoms with E-state index in [0.717, 1.165) is 11.1 Å². The molecule has 0 unspecified atom stereocenters. The van der Waals surface area contributed by atoms with Crippen molar-refractivity contribution in [3.05, 3.63) is 100 Å². The second kappa shape index (κ2) is 9.54. The topological polar surface area (TPSA) is 108 Å². The number of ketones is 1. The summed E-state index contributed by atoms with van der Waals surface area (Å²) < 4.78 is 0. The molecule has 0 aliphatic rings. The number of rotatable bonds is 6. The van der Waals surface area contributed by atoms with Gasteiger partial charge in [0.2, 0.25) is 5.91 Å². The Morgan fingerprint density at radius 1 is 0.882 bits per heavy atom. The van der Waals surface area contributed by atoms with E-state index in [2.05, 4.69) is 15.6 Å². The van der Waals surface area contributed by atoms with Crippen LogP contribution >= 0.6 is 0 Å². The minimum atomic E-state index is -0.821. The number of H-pyrrole nitrogens is 1. The number of pyridine rings is 1. The van der Waals surface area contributed by atoms with Crippen LogP contribution in [0.25, 0.3) is 22.0 Å². The van der Waals surface area contributed by atoms with Crippen molar-refractivity contribution in [2.45, 2.75) is 19.9 Å². The van der Waals surface area contributed by atoms with Crippen molar-refractivity contribution in [2.24, 2.45) is 0 Å². The molecular weight excluding hydrogens is 430 g/mol. The van der Waals surface area contributed by atoms with E-state index < -0.39 is 17.4 Å². The molecule has 0 fully saturated rings. The largest absolute Gasteiger partial charge is 0.360 e. The van der Waals surface area contributed by atoms with Gasteiger partial charge in [-0.3, -0.25) is 19.2 Å². The molecule has 0 saturated carbocycles. The number of carbonyl (C=O) groups is 3. The van der Waals surface area contributed by atoms with Crippen LogP contribution in [-0.4, -0.2) is 28.6 Å². The molecule has 0 spiro atoms. The summed E-state index contributed by atoms with van der Waals surface area (Å²) >= 11 is 0. The Bertz CT molecular complexity index is 1440. The van der Waals surface area contributed by atoms with Gasteiger partial charge in [-0.25, -0.2) is 0 Å². The molecule has 1 heterocycles. The van der Waals surface area contributed by atoms with E-state index in [-0.39, 0.29) is 17.3 Å². The molecule has 3 N–H and O–H groups in total. The zero-order chi connectivity index (χ0) is 24.2. The lowest BCUT2D eigenvalue weighted by molar-refractivity contribution is -0.117. The molecule has 7 nitrogen and oxygen atoms in total. The number of nitrogens with one attached hydrogen (secondary N) is 3. The summed E-state index contributed by atoms with van der Waals surface area (Å²) in [7, 11) is 0. The van der Waals surface area contributed by atoms with E-state index in [1.165, 1.54) is 19.2 Å². The van der Waals surface area contributed by atoms with Crippen LogP contribution in [0, 0.1) is 0 Å². The Kier molecular flexibility index (Phi) is 6.36. The van der Waals surface area contributed by atoms with Crippen molar-refractivity contribution in [1.29, 1.82) is 0 Å². The smallest absolute Gasteiger partial charge is 0.251 e. The highest BCUT2D eigenvalue weighted by Gasteiger charge is 2.18. The number of Topliss-reactive ketones (excluding diaryl/α,β-unsaturated/α-hetero) is 1. The zero-order valence-electron chi connectivity index (χ0n) is 18.7. The molecule has 34 heavy (non-hydrogen) atoms. The quantitative estimate of drug-likeness (QED) is 0.381. The minimum absolute atomic E-state index is 0.0508. The first-order chi connectivity index (χ1) is 16.3. The number of hydrogen-bond acceptors (Lipinski definition) is 4. The fourth-order valence-corrected chi connectivity index (χ4v) is 3.60. The fraction of sp³-hybridized carbons (Fsp3) is 0.111. The average molecular weight is 453 g/mol. The Morgan fingerprint density at radius 2 is 1.56 bits per heavy atom. The second-order valence-electron chi connectivity index (χ2n) is 7.98. The summed E-state index contributed by atoms with van der Waals surface area (Å²) in [5, 5.41) is 5.68. The Hall–Kier alpha value is -4.52. The van der Waals surface area contributed by atoms with Crippen LogP contribution in [0.4, 0.5) is 5.69 Å². The number of aromatic nitrogens is 1. The summed E-state index contributed by atoms with van der Waals surface area (Å²) in [6.45, 7) is 2.90. The zero-order valence-corrected chi connectivity index (χ0v) is 18.7. The first-order valence-electron chi connectivity index (χ1n) is 10.8. The van der Waals surface area contributed by atoms with Gasteiger partial charge in [-0.05, 0) is 55.3 Å². The number of benzene rings is 3. The highest BCUT2D eigenvalue weighted by Crippen LogP contribution is 2.19. The highest BCUT2D eigenvalue weighted by atomic mass is 16.2. The Morgan fingerprint density at radius 3 is 2.24 bits per heavy atom. The Balaban J connectivity index is 1.44. The number of carbonyl (C=O) groups excluding carboxylic acids is 3. The van der Waals surface area contributed by atoms with Crippen molar-refractivity contribution in [2.75, 3.05) is 5.32 Å². The fourth-order valence-electron chi connectivity index (χ4n) is 3.60. The molecule has 0 bridgehead atoms. The first-order valence-corrected chi connectivity index (χ1v) is 10.8. The van der Waals surface area contributed by atoms with Gasteiger partial charge in [0.05, 0.1) is 5.56 Å².